The number of benzene rings is 2. The summed E-state index contributed by atoms with van der Waals surface area (Å²) in [4.78, 5) is 22.4. The van der Waals surface area contributed by atoms with E-state index in [4.69, 9.17) is 5.11 Å². The van der Waals surface area contributed by atoms with Gasteiger partial charge in [0.1, 0.15) is 11.5 Å². The van der Waals surface area contributed by atoms with E-state index < -0.39 is 5.97 Å². The van der Waals surface area contributed by atoms with E-state index in [-0.39, 0.29) is 36.2 Å². The van der Waals surface area contributed by atoms with Crippen LogP contribution in [0.5, 0.6) is 11.5 Å². The highest BCUT2D eigenvalue weighted by Gasteiger charge is 2.21. The third-order valence-electron chi connectivity index (χ3n) is 4.63. The lowest BCUT2D eigenvalue weighted by atomic mass is 9.94. The molecule has 0 saturated carbocycles. The number of carboxylic acids is 1. The molecule has 0 fully saturated rings. The number of carbonyl (C=O) groups excluding carboxylic acids is 1. The number of carboxylic acid groups (broad SMARTS) is 1. The zero-order chi connectivity index (χ0) is 21.7. The zero-order valence-corrected chi connectivity index (χ0v) is 16.3. The Hall–Kier alpha value is -3.88. The minimum absolute atomic E-state index is 0.00988. The van der Waals surface area contributed by atoms with E-state index in [2.05, 4.69) is 21.1 Å². The molecule has 30 heavy (non-hydrogen) atoms. The normalized spacial score (nSPS) is 16.6. The van der Waals surface area contributed by atoms with Crippen molar-refractivity contribution in [1.82, 2.24) is 5.43 Å². The van der Waals surface area contributed by atoms with Crippen LogP contribution in [-0.2, 0) is 9.59 Å². The average molecular weight is 410 g/mol. The second kappa shape index (κ2) is 9.08. The van der Waals surface area contributed by atoms with Gasteiger partial charge in [0.2, 0.25) is 5.91 Å². The van der Waals surface area contributed by atoms with Gasteiger partial charge in [0.05, 0.1) is 23.5 Å². The number of anilines is 1. The summed E-state index contributed by atoms with van der Waals surface area (Å²) in [6.07, 6.45) is 0.308. The van der Waals surface area contributed by atoms with Crippen LogP contribution >= 0.6 is 0 Å². The number of aliphatic carboxylic acids is 1. The Labute approximate surface area is 172 Å². The van der Waals surface area contributed by atoms with Gasteiger partial charge < -0.3 is 15.3 Å². The van der Waals surface area contributed by atoms with Crippen LogP contribution in [0.3, 0.4) is 0 Å². The van der Waals surface area contributed by atoms with Gasteiger partial charge in [0.25, 0.3) is 0 Å². The summed E-state index contributed by atoms with van der Waals surface area (Å²) in [7, 11) is 0. The van der Waals surface area contributed by atoms with Crippen molar-refractivity contribution in [1.29, 1.82) is 0 Å². The van der Waals surface area contributed by atoms with Gasteiger partial charge in [-0.1, -0.05) is 19.1 Å². The Kier molecular flexibility index (Phi) is 6.31. The summed E-state index contributed by atoms with van der Waals surface area (Å²) >= 11 is 0. The molecule has 5 N–H and O–H groups in total. The summed E-state index contributed by atoms with van der Waals surface area (Å²) in [6.45, 7) is 1.94. The van der Waals surface area contributed by atoms with Gasteiger partial charge in [-0.05, 0) is 29.8 Å². The molecule has 0 spiro atoms. The first-order valence-corrected chi connectivity index (χ1v) is 9.37. The van der Waals surface area contributed by atoms with Gasteiger partial charge in [-0.15, -0.1) is 0 Å². The van der Waals surface area contributed by atoms with Crippen LogP contribution in [0.4, 0.5) is 5.69 Å². The molecule has 0 aromatic heterocycles. The van der Waals surface area contributed by atoms with E-state index >= 15 is 0 Å². The molecule has 1 heterocycles. The topological polar surface area (TPSA) is 144 Å². The smallest absolute Gasteiger partial charge is 0.303 e. The summed E-state index contributed by atoms with van der Waals surface area (Å²) in [5.74, 6) is -1.38. The maximum atomic E-state index is 11.4. The fourth-order valence-electron chi connectivity index (χ4n) is 3.09. The molecule has 2 aromatic rings. The number of nitrogens with zero attached hydrogens (tertiary/aromatic N) is 2. The van der Waals surface area contributed by atoms with Gasteiger partial charge in [-0.3, -0.25) is 15.0 Å². The molecule has 0 aliphatic carbocycles. The summed E-state index contributed by atoms with van der Waals surface area (Å²) in [6, 6.07) is 11.3. The van der Waals surface area contributed by atoms with Gasteiger partial charge in [0.15, 0.2) is 0 Å². The minimum Gasteiger partial charge on any atom is -0.508 e. The van der Waals surface area contributed by atoms with Crippen LogP contribution in [0.1, 0.15) is 37.3 Å². The highest BCUT2D eigenvalue weighted by Crippen LogP contribution is 2.25. The predicted octanol–water partition coefficient (Wildman–Crippen LogP) is 2.64. The van der Waals surface area contributed by atoms with Crippen molar-refractivity contribution in [2.75, 3.05) is 5.43 Å². The standard InChI is InChI=1S/C21H22N4O5/c1-12-10-19(28)24-25-21(12)13-2-4-14(5-3-13)22-23-17(8-9-20(29)30)16-7-6-15(26)11-18(16)27/h2-7,11-12,22,26-27H,8-10H2,1H3,(H,24,28)(H,29,30)/b23-17+. The molecule has 9 heteroatoms. The van der Waals surface area contributed by atoms with Crippen LogP contribution in [0, 0.1) is 5.92 Å². The fourth-order valence-corrected chi connectivity index (χ4v) is 3.09. The zero-order valence-electron chi connectivity index (χ0n) is 16.3. The molecule has 1 amide bonds. The number of amides is 1. The van der Waals surface area contributed by atoms with Crippen molar-refractivity contribution in [3.63, 3.8) is 0 Å². The Morgan fingerprint density at radius 1 is 1.20 bits per heavy atom. The fraction of sp³-hybridized carbons (Fsp3) is 0.238. The number of phenolic OH excluding ortho intramolecular Hbond substituents is 2. The molecule has 156 valence electrons. The Morgan fingerprint density at radius 3 is 2.57 bits per heavy atom. The number of hydrazone groups is 2. The van der Waals surface area contributed by atoms with Gasteiger partial charge >= 0.3 is 5.97 Å². The Morgan fingerprint density at radius 2 is 1.93 bits per heavy atom. The number of aromatic hydroxyl groups is 2. The highest BCUT2D eigenvalue weighted by atomic mass is 16.4. The van der Waals surface area contributed by atoms with Crippen molar-refractivity contribution in [3.05, 3.63) is 53.6 Å². The molecule has 1 unspecified atom stereocenters. The molecule has 2 aromatic carbocycles. The largest absolute Gasteiger partial charge is 0.508 e. The molecule has 0 saturated heterocycles. The van der Waals surface area contributed by atoms with E-state index in [0.29, 0.717) is 23.4 Å². The number of nitrogens with one attached hydrogen (secondary N) is 2. The van der Waals surface area contributed by atoms with Crippen LogP contribution in [0.2, 0.25) is 0 Å². The van der Waals surface area contributed by atoms with Gasteiger partial charge in [-0.2, -0.15) is 10.2 Å². The lowest BCUT2D eigenvalue weighted by Crippen LogP contribution is -2.31. The van der Waals surface area contributed by atoms with Gasteiger partial charge in [-0.25, -0.2) is 5.43 Å². The van der Waals surface area contributed by atoms with E-state index in [0.717, 1.165) is 11.3 Å². The summed E-state index contributed by atoms with van der Waals surface area (Å²) in [5, 5.41) is 36.9. The molecular weight excluding hydrogens is 388 g/mol. The van der Waals surface area contributed by atoms with Crippen molar-refractivity contribution in [2.24, 2.45) is 16.1 Å². The Bertz CT molecular complexity index is 1010. The molecule has 1 aliphatic rings. The van der Waals surface area contributed by atoms with Crippen molar-refractivity contribution in [3.8, 4) is 11.5 Å². The van der Waals surface area contributed by atoms with E-state index in [9.17, 15) is 19.8 Å². The first-order chi connectivity index (χ1) is 14.3. The highest BCUT2D eigenvalue weighted by molar-refractivity contribution is 6.06. The van der Waals surface area contributed by atoms with E-state index in [1.807, 2.05) is 19.1 Å². The first-order valence-electron chi connectivity index (χ1n) is 9.37. The summed E-state index contributed by atoms with van der Waals surface area (Å²) in [5.41, 5.74) is 8.35. The number of carbonyl (C=O) groups is 2. The second-order valence-corrected chi connectivity index (χ2v) is 6.98. The quantitative estimate of drug-likeness (QED) is 0.351. The van der Waals surface area contributed by atoms with Gasteiger partial charge in [0, 0.05) is 30.4 Å². The number of phenols is 2. The van der Waals surface area contributed by atoms with Crippen LogP contribution < -0.4 is 10.9 Å². The molecule has 1 aliphatic heterocycles. The van der Waals surface area contributed by atoms with Crippen LogP contribution in [0.15, 0.2) is 52.7 Å². The minimum atomic E-state index is -0.986. The average Bonchev–Trinajstić information content (AvgIpc) is 2.69. The number of hydrogen-bond donors (Lipinski definition) is 5. The third-order valence-corrected chi connectivity index (χ3v) is 4.63. The molecule has 1 atom stereocenters. The number of rotatable bonds is 7. The Balaban J connectivity index is 1.79. The molecule has 9 nitrogen and oxygen atoms in total. The van der Waals surface area contributed by atoms with Crippen LogP contribution in [-0.4, -0.2) is 38.6 Å². The lowest BCUT2D eigenvalue weighted by Gasteiger charge is -2.19. The van der Waals surface area contributed by atoms with Crippen LogP contribution in [0.25, 0.3) is 0 Å². The second-order valence-electron chi connectivity index (χ2n) is 6.98. The van der Waals surface area contributed by atoms with Crippen molar-refractivity contribution < 1.29 is 24.9 Å². The summed E-state index contributed by atoms with van der Waals surface area (Å²) < 4.78 is 0. The third kappa shape index (κ3) is 5.13. The SMILES string of the molecule is CC1CC(=O)NN=C1c1ccc(N/N=C(\CCC(=O)O)c2ccc(O)cc2O)cc1. The van der Waals surface area contributed by atoms with Crippen molar-refractivity contribution in [2.45, 2.75) is 26.2 Å². The molecule has 0 bridgehead atoms. The van der Waals surface area contributed by atoms with E-state index in [1.54, 1.807) is 12.1 Å². The first kappa shape index (κ1) is 20.8. The molecule has 0 radical (unpaired) electrons. The molecular formula is C21H22N4O5. The maximum absolute atomic E-state index is 11.4. The molecule has 3 rings (SSSR count). The van der Waals surface area contributed by atoms with E-state index in [1.165, 1.54) is 18.2 Å². The monoisotopic (exact) mass is 410 g/mol. The lowest BCUT2D eigenvalue weighted by molar-refractivity contribution is -0.136. The van der Waals surface area contributed by atoms with Crippen molar-refractivity contribution >= 4 is 29.0 Å². The maximum Gasteiger partial charge on any atom is 0.303 e. The predicted molar refractivity (Wildman–Crippen MR) is 112 cm³/mol. The number of hydrogen-bond acceptors (Lipinski definition) is 7.